The minimum Gasteiger partial charge on any atom is -0.306 e. The van der Waals surface area contributed by atoms with Gasteiger partial charge in [0.15, 0.2) is 0 Å². The molecule has 0 aromatic carbocycles. The van der Waals surface area contributed by atoms with Gasteiger partial charge in [0, 0.05) is 11.1 Å². The van der Waals surface area contributed by atoms with Crippen LogP contribution in [0.15, 0.2) is 0 Å². The van der Waals surface area contributed by atoms with Crippen molar-refractivity contribution in [2.75, 3.05) is 0 Å². The van der Waals surface area contributed by atoms with Crippen molar-refractivity contribution in [1.29, 1.82) is 0 Å². The topological polar surface area (TPSA) is 12.0 Å². The van der Waals surface area contributed by atoms with E-state index in [0.717, 1.165) is 11.8 Å². The lowest BCUT2D eigenvalue weighted by atomic mass is 9.64. The summed E-state index contributed by atoms with van der Waals surface area (Å²) in [5, 5.41) is 3.89. The summed E-state index contributed by atoms with van der Waals surface area (Å²) in [5.41, 5.74) is 0.889. The van der Waals surface area contributed by atoms with Crippen molar-refractivity contribution in [3.05, 3.63) is 0 Å². The largest absolute Gasteiger partial charge is 0.306 e. The van der Waals surface area contributed by atoms with Gasteiger partial charge in [-0.2, -0.15) is 0 Å². The summed E-state index contributed by atoms with van der Waals surface area (Å²) in [7, 11) is 0. The highest BCUT2D eigenvalue weighted by Crippen LogP contribution is 2.44. The predicted molar refractivity (Wildman–Crippen MR) is 61.4 cm³/mol. The van der Waals surface area contributed by atoms with Crippen LogP contribution in [-0.2, 0) is 0 Å². The summed E-state index contributed by atoms with van der Waals surface area (Å²) in [6.07, 6.45) is 6.96. The van der Waals surface area contributed by atoms with Gasteiger partial charge in [0.05, 0.1) is 0 Å². The van der Waals surface area contributed by atoms with Crippen LogP contribution in [0.2, 0.25) is 0 Å². The highest BCUT2D eigenvalue weighted by Gasteiger charge is 2.45. The van der Waals surface area contributed by atoms with Crippen molar-refractivity contribution in [3.63, 3.8) is 0 Å². The molecule has 0 amide bonds. The number of piperidine rings is 2. The first-order valence-corrected chi connectivity index (χ1v) is 6.22. The monoisotopic (exact) mass is 195 g/mol. The number of fused-ring (bicyclic) bond motifs is 2. The van der Waals surface area contributed by atoms with E-state index in [4.69, 9.17) is 0 Å². The van der Waals surface area contributed by atoms with E-state index in [9.17, 15) is 0 Å². The molecule has 1 nitrogen and oxygen atoms in total. The molecule has 0 saturated carbocycles. The van der Waals surface area contributed by atoms with E-state index < -0.39 is 0 Å². The maximum Gasteiger partial charge on any atom is 0.0161 e. The maximum absolute atomic E-state index is 3.89. The molecular weight excluding hydrogens is 170 g/mol. The van der Waals surface area contributed by atoms with Gasteiger partial charge in [0.2, 0.25) is 0 Å². The molecule has 2 fully saturated rings. The Hall–Kier alpha value is -0.0400. The van der Waals surface area contributed by atoms with Gasteiger partial charge < -0.3 is 5.32 Å². The first kappa shape index (κ1) is 10.5. The van der Waals surface area contributed by atoms with Gasteiger partial charge in [-0.1, -0.05) is 13.8 Å². The van der Waals surface area contributed by atoms with E-state index in [2.05, 4.69) is 33.0 Å². The number of hydrogen-bond acceptors (Lipinski definition) is 1. The van der Waals surface area contributed by atoms with E-state index in [-0.39, 0.29) is 0 Å². The summed E-state index contributed by atoms with van der Waals surface area (Å²) < 4.78 is 0. The highest BCUT2D eigenvalue weighted by atomic mass is 15.1. The van der Waals surface area contributed by atoms with Gasteiger partial charge >= 0.3 is 0 Å². The van der Waals surface area contributed by atoms with Crippen molar-refractivity contribution in [2.45, 2.75) is 70.9 Å². The van der Waals surface area contributed by atoms with Gasteiger partial charge in [-0.05, 0) is 57.8 Å². The van der Waals surface area contributed by atoms with Crippen LogP contribution >= 0.6 is 0 Å². The third-order valence-electron chi connectivity index (χ3n) is 4.43. The van der Waals surface area contributed by atoms with Crippen molar-refractivity contribution in [2.24, 2.45) is 11.8 Å². The summed E-state index contributed by atoms with van der Waals surface area (Å²) >= 11 is 0. The molecule has 82 valence electrons. The van der Waals surface area contributed by atoms with Crippen LogP contribution in [0.5, 0.6) is 0 Å². The Labute approximate surface area is 88.7 Å². The fourth-order valence-corrected chi connectivity index (χ4v) is 3.73. The SMILES string of the molecule is CC(C)[C@H]1C[C@]2(C)CCC[C@](C)(C1)N2. The normalized spacial score (nSPS) is 48.2. The second-order valence-corrected chi connectivity index (χ2v) is 6.51. The maximum atomic E-state index is 3.89. The average Bonchev–Trinajstić information content (AvgIpc) is 1.99. The molecule has 0 aliphatic carbocycles. The van der Waals surface area contributed by atoms with Crippen LogP contribution in [0.3, 0.4) is 0 Å². The minimum atomic E-state index is 0.445. The number of nitrogens with one attached hydrogen (secondary N) is 1. The van der Waals surface area contributed by atoms with Crippen LogP contribution in [0.4, 0.5) is 0 Å². The molecule has 1 N–H and O–H groups in total. The Bertz CT molecular complexity index is 205. The molecule has 1 heteroatoms. The van der Waals surface area contributed by atoms with E-state index in [1.807, 2.05) is 0 Å². The summed E-state index contributed by atoms with van der Waals surface area (Å²) in [6.45, 7) is 9.63. The Morgan fingerprint density at radius 1 is 1.07 bits per heavy atom. The third-order valence-corrected chi connectivity index (χ3v) is 4.43. The summed E-state index contributed by atoms with van der Waals surface area (Å²) in [6, 6.07) is 0. The van der Waals surface area contributed by atoms with Crippen LogP contribution in [0.25, 0.3) is 0 Å². The Balaban J connectivity index is 2.16. The summed E-state index contributed by atoms with van der Waals surface area (Å²) in [4.78, 5) is 0. The second-order valence-electron chi connectivity index (χ2n) is 6.51. The van der Waals surface area contributed by atoms with Gasteiger partial charge in [-0.3, -0.25) is 0 Å². The standard InChI is InChI=1S/C13H25N/c1-10(2)11-8-12(3)6-5-7-13(4,9-11)14-12/h10-11,14H,5-9H2,1-4H3/t11-,12-,13+. The summed E-state index contributed by atoms with van der Waals surface area (Å²) in [5.74, 6) is 1.79. The van der Waals surface area contributed by atoms with Gasteiger partial charge in [0.25, 0.3) is 0 Å². The Morgan fingerprint density at radius 3 is 2.00 bits per heavy atom. The van der Waals surface area contributed by atoms with Gasteiger partial charge in [-0.25, -0.2) is 0 Å². The van der Waals surface area contributed by atoms with E-state index in [1.165, 1.54) is 32.1 Å². The van der Waals surface area contributed by atoms with Crippen molar-refractivity contribution in [1.82, 2.24) is 5.32 Å². The minimum absolute atomic E-state index is 0.445. The molecule has 0 spiro atoms. The molecule has 2 aliphatic heterocycles. The van der Waals surface area contributed by atoms with E-state index in [0.29, 0.717) is 11.1 Å². The molecule has 0 aromatic heterocycles. The number of hydrogen-bond donors (Lipinski definition) is 1. The first-order chi connectivity index (χ1) is 6.43. The molecule has 0 aromatic rings. The molecule has 0 radical (unpaired) electrons. The zero-order chi connectivity index (χ0) is 10.4. The molecule has 3 atom stereocenters. The van der Waals surface area contributed by atoms with Crippen molar-refractivity contribution < 1.29 is 0 Å². The molecule has 2 rings (SSSR count). The average molecular weight is 195 g/mol. The molecule has 2 saturated heterocycles. The fraction of sp³-hybridized carbons (Fsp3) is 1.00. The Morgan fingerprint density at radius 2 is 1.57 bits per heavy atom. The quantitative estimate of drug-likeness (QED) is 0.676. The number of rotatable bonds is 1. The zero-order valence-electron chi connectivity index (χ0n) is 10.2. The van der Waals surface area contributed by atoms with E-state index >= 15 is 0 Å². The zero-order valence-corrected chi connectivity index (χ0v) is 10.2. The lowest BCUT2D eigenvalue weighted by Crippen LogP contribution is -2.63. The molecule has 2 bridgehead atoms. The highest BCUT2D eigenvalue weighted by molar-refractivity contribution is 5.05. The van der Waals surface area contributed by atoms with Crippen molar-refractivity contribution in [3.8, 4) is 0 Å². The smallest absolute Gasteiger partial charge is 0.0161 e. The molecule has 14 heavy (non-hydrogen) atoms. The van der Waals surface area contributed by atoms with Crippen molar-refractivity contribution >= 4 is 0 Å². The van der Waals surface area contributed by atoms with Gasteiger partial charge in [0.1, 0.15) is 0 Å². The second kappa shape index (κ2) is 3.23. The lowest BCUT2D eigenvalue weighted by molar-refractivity contribution is 0.0380. The van der Waals surface area contributed by atoms with E-state index in [1.54, 1.807) is 0 Å². The van der Waals surface area contributed by atoms with Crippen LogP contribution < -0.4 is 5.32 Å². The Kier molecular flexibility index (Phi) is 2.42. The third kappa shape index (κ3) is 1.84. The van der Waals surface area contributed by atoms with Crippen LogP contribution in [0.1, 0.15) is 59.8 Å². The van der Waals surface area contributed by atoms with Crippen LogP contribution in [0, 0.1) is 11.8 Å². The molecule has 2 heterocycles. The molecular formula is C13H25N. The first-order valence-electron chi connectivity index (χ1n) is 6.22. The van der Waals surface area contributed by atoms with Gasteiger partial charge in [-0.15, -0.1) is 0 Å². The predicted octanol–water partition coefficient (Wildman–Crippen LogP) is 3.34. The lowest BCUT2D eigenvalue weighted by Gasteiger charge is -2.54. The molecule has 2 aliphatic rings. The van der Waals surface area contributed by atoms with Crippen LogP contribution in [-0.4, -0.2) is 11.1 Å². The molecule has 0 unspecified atom stereocenters. The fourth-order valence-electron chi connectivity index (χ4n) is 3.73.